The summed E-state index contributed by atoms with van der Waals surface area (Å²) in [6.07, 6.45) is 5.11. The molecule has 1 aromatic carbocycles. The quantitative estimate of drug-likeness (QED) is 0.514. The molecule has 0 aliphatic heterocycles. The Morgan fingerprint density at radius 1 is 1.33 bits per heavy atom. The van der Waals surface area contributed by atoms with Crippen LogP contribution in [0.15, 0.2) is 24.3 Å². The van der Waals surface area contributed by atoms with Gasteiger partial charge in [-0.2, -0.15) is 0 Å². The van der Waals surface area contributed by atoms with Gasteiger partial charge in [-0.05, 0) is 0 Å². The summed E-state index contributed by atoms with van der Waals surface area (Å²) in [5, 5.41) is 0. The fourth-order valence-corrected chi connectivity index (χ4v) is 5.02. The van der Waals surface area contributed by atoms with Crippen molar-refractivity contribution in [2.75, 3.05) is 4.93 Å². The molecule has 0 heterocycles. The van der Waals surface area contributed by atoms with Crippen LogP contribution in [0, 0.1) is 0 Å². The Bertz CT molecular complexity index is 431. The number of alkyl halides is 2. The molecular weight excluding hydrogens is 295 g/mol. The number of benzene rings is 1. The van der Waals surface area contributed by atoms with Gasteiger partial charge in [0.25, 0.3) is 0 Å². The summed E-state index contributed by atoms with van der Waals surface area (Å²) in [7, 11) is 0. The van der Waals surface area contributed by atoms with Crippen molar-refractivity contribution in [3.63, 3.8) is 0 Å². The molecule has 0 N–H and O–H groups in total. The van der Waals surface area contributed by atoms with Crippen LogP contribution < -0.4 is 21.2 Å². The number of hydrogen-bond acceptors (Lipinski definition) is 0. The normalized spacial score (nSPS) is 27.7. The summed E-state index contributed by atoms with van der Waals surface area (Å²) < 4.78 is 0.910. The van der Waals surface area contributed by atoms with Gasteiger partial charge in [0.2, 0.25) is 0 Å². The van der Waals surface area contributed by atoms with E-state index in [0.717, 1.165) is 9.84 Å². The second-order valence-corrected chi connectivity index (χ2v) is 7.32. The second-order valence-electron chi connectivity index (χ2n) is 4.57. The molecule has 0 saturated carbocycles. The van der Waals surface area contributed by atoms with E-state index in [1.165, 1.54) is 12.8 Å². The molecule has 15 heavy (non-hydrogen) atoms. The fourth-order valence-electron chi connectivity index (χ4n) is 2.87. The molecule has 80 valence electrons. The molecule has 0 radical (unpaired) electrons. The first-order valence-electron chi connectivity index (χ1n) is 5.61. The molecular formula is C14H16I-. The molecule has 0 amide bonds. The zero-order chi connectivity index (χ0) is 10.4. The van der Waals surface area contributed by atoms with Crippen molar-refractivity contribution in [2.45, 2.75) is 29.6 Å². The van der Waals surface area contributed by atoms with Crippen molar-refractivity contribution in [2.24, 2.45) is 0 Å². The Hall–Kier alpha value is -0.310. The number of allylic oxidation sites excluding steroid dienone is 2. The van der Waals surface area contributed by atoms with E-state index in [4.69, 9.17) is 0 Å². The Labute approximate surface area is 102 Å². The summed E-state index contributed by atoms with van der Waals surface area (Å²) >= 11 is 0.347. The Kier molecular flexibility index (Phi) is 2.38. The molecule has 2 atom stereocenters. The molecule has 0 bridgehead atoms. The van der Waals surface area contributed by atoms with Crippen LogP contribution in [-0.4, -0.2) is 8.86 Å². The molecule has 2 unspecified atom stereocenters. The zero-order valence-corrected chi connectivity index (χ0v) is 11.4. The standard InChI is InChI=1S/C14H16I/c1-9-6-7-12-13(15-2)8-10-4-3-5-11(9)14(10)12/h3-5,7,9,13H,6,8H2,1-2H3/q-1. The minimum atomic E-state index is 0.347. The van der Waals surface area contributed by atoms with Gasteiger partial charge in [0.1, 0.15) is 0 Å². The van der Waals surface area contributed by atoms with Crippen molar-refractivity contribution in [1.29, 1.82) is 0 Å². The third kappa shape index (κ3) is 1.39. The summed E-state index contributed by atoms with van der Waals surface area (Å²) in [5.74, 6) is 0.734. The molecule has 3 rings (SSSR count). The van der Waals surface area contributed by atoms with E-state index in [1.807, 2.05) is 0 Å². The van der Waals surface area contributed by atoms with Gasteiger partial charge in [-0.15, -0.1) is 0 Å². The molecule has 1 aromatic rings. The molecule has 0 fully saturated rings. The Balaban J connectivity index is 2.20. The van der Waals surface area contributed by atoms with Crippen LogP contribution in [0.1, 0.15) is 36.0 Å². The first-order valence-corrected chi connectivity index (χ1v) is 9.02. The first-order chi connectivity index (χ1) is 7.31. The van der Waals surface area contributed by atoms with Crippen LogP contribution in [0.2, 0.25) is 0 Å². The molecule has 0 nitrogen and oxygen atoms in total. The molecule has 0 saturated heterocycles. The number of halogens is 1. The average molecular weight is 311 g/mol. The van der Waals surface area contributed by atoms with Crippen LogP contribution in [0.5, 0.6) is 0 Å². The Morgan fingerprint density at radius 3 is 3.00 bits per heavy atom. The van der Waals surface area contributed by atoms with Crippen molar-refractivity contribution >= 4 is 5.57 Å². The zero-order valence-electron chi connectivity index (χ0n) is 9.26. The fraction of sp³-hybridized carbons (Fsp3) is 0.429. The average Bonchev–Trinajstić information content (AvgIpc) is 2.63. The van der Waals surface area contributed by atoms with Gasteiger partial charge in [-0.3, -0.25) is 0 Å². The van der Waals surface area contributed by atoms with Gasteiger partial charge >= 0.3 is 102 Å². The van der Waals surface area contributed by atoms with E-state index in [1.54, 1.807) is 22.3 Å². The van der Waals surface area contributed by atoms with Crippen LogP contribution in [0.4, 0.5) is 0 Å². The van der Waals surface area contributed by atoms with Crippen molar-refractivity contribution < 1.29 is 21.2 Å². The summed E-state index contributed by atoms with van der Waals surface area (Å²) in [5.41, 5.74) is 6.58. The van der Waals surface area contributed by atoms with Gasteiger partial charge < -0.3 is 0 Å². The third-order valence-corrected chi connectivity index (χ3v) is 6.31. The van der Waals surface area contributed by atoms with Gasteiger partial charge in [-0.1, -0.05) is 0 Å². The molecule has 0 spiro atoms. The van der Waals surface area contributed by atoms with Crippen molar-refractivity contribution in [3.8, 4) is 0 Å². The van der Waals surface area contributed by atoms with E-state index in [0.29, 0.717) is 21.2 Å². The van der Waals surface area contributed by atoms with Gasteiger partial charge in [0, 0.05) is 0 Å². The number of hydrogen-bond donors (Lipinski definition) is 0. The van der Waals surface area contributed by atoms with E-state index in [2.05, 4.69) is 36.1 Å². The maximum atomic E-state index is 2.53. The van der Waals surface area contributed by atoms with E-state index in [-0.39, 0.29) is 0 Å². The summed E-state index contributed by atoms with van der Waals surface area (Å²) in [4.78, 5) is 2.42. The van der Waals surface area contributed by atoms with Crippen LogP contribution in [-0.2, 0) is 6.42 Å². The van der Waals surface area contributed by atoms with Crippen LogP contribution in [0.25, 0.3) is 5.57 Å². The molecule has 2 aliphatic carbocycles. The monoisotopic (exact) mass is 311 g/mol. The minimum absolute atomic E-state index is 0.347. The van der Waals surface area contributed by atoms with Gasteiger partial charge in [0.05, 0.1) is 0 Å². The molecule has 2 aliphatic rings. The molecule has 1 heteroatoms. The van der Waals surface area contributed by atoms with E-state index < -0.39 is 0 Å². The first kappa shape index (κ1) is 9.88. The number of rotatable bonds is 1. The predicted octanol–water partition coefficient (Wildman–Crippen LogP) is 0.221. The SMILES string of the molecule is C[I-]C1Cc2cccc3c2C1=CCC3C. The topological polar surface area (TPSA) is 0 Å². The predicted molar refractivity (Wildman–Crippen MR) is 60.9 cm³/mol. The van der Waals surface area contributed by atoms with Gasteiger partial charge in [-0.25, -0.2) is 0 Å². The van der Waals surface area contributed by atoms with Crippen LogP contribution >= 0.6 is 0 Å². The van der Waals surface area contributed by atoms with Crippen LogP contribution in [0.3, 0.4) is 0 Å². The molecule has 0 aromatic heterocycles. The van der Waals surface area contributed by atoms with Gasteiger partial charge in [0.15, 0.2) is 0 Å². The Morgan fingerprint density at radius 2 is 2.20 bits per heavy atom. The van der Waals surface area contributed by atoms with E-state index >= 15 is 0 Å². The van der Waals surface area contributed by atoms with Crippen molar-refractivity contribution in [1.82, 2.24) is 0 Å². The summed E-state index contributed by atoms with van der Waals surface area (Å²) in [6.45, 7) is 2.36. The third-order valence-electron chi connectivity index (χ3n) is 3.69. The van der Waals surface area contributed by atoms with Crippen molar-refractivity contribution in [3.05, 3.63) is 41.0 Å². The van der Waals surface area contributed by atoms with E-state index in [9.17, 15) is 0 Å². The summed E-state index contributed by atoms with van der Waals surface area (Å²) in [6, 6.07) is 6.93. The second kappa shape index (κ2) is 3.62. The maximum absolute atomic E-state index is 2.53.